The molecule has 0 radical (unpaired) electrons. The third-order valence-corrected chi connectivity index (χ3v) is 4.56. The van der Waals surface area contributed by atoms with E-state index in [9.17, 15) is 0 Å². The second-order valence-corrected chi connectivity index (χ2v) is 6.07. The Kier molecular flexibility index (Phi) is 4.98. The van der Waals surface area contributed by atoms with Crippen molar-refractivity contribution in [1.82, 2.24) is 5.32 Å². The molecule has 0 amide bonds. The Morgan fingerprint density at radius 3 is 2.10 bits per heavy atom. The minimum absolute atomic E-state index is 0.0171. The Labute approximate surface area is 134 Å². The van der Waals surface area contributed by atoms with E-state index < -0.39 is 0 Å². The van der Waals surface area contributed by atoms with Crippen molar-refractivity contribution in [2.45, 2.75) is 19.9 Å². The quantitative estimate of drug-likeness (QED) is 0.776. The van der Waals surface area contributed by atoms with Gasteiger partial charge in [-0.1, -0.05) is 46.9 Å². The topological polar surface area (TPSA) is 12.0 Å². The lowest BCUT2D eigenvalue weighted by Crippen LogP contribution is -2.18. The fourth-order valence-corrected chi connectivity index (χ4v) is 2.85. The Morgan fingerprint density at radius 2 is 1.50 bits per heavy atom. The van der Waals surface area contributed by atoms with E-state index in [1.165, 1.54) is 11.1 Å². The molecule has 2 rings (SSSR count). The maximum absolute atomic E-state index is 6.40. The summed E-state index contributed by atoms with van der Waals surface area (Å²) in [6, 6.07) is 9.72. The predicted octanol–water partition coefficient (Wildman–Crippen LogP) is 5.57. The van der Waals surface area contributed by atoms with Crippen molar-refractivity contribution in [2.75, 3.05) is 7.05 Å². The molecule has 0 heterocycles. The van der Waals surface area contributed by atoms with Crippen LogP contribution in [0, 0.1) is 13.8 Å². The maximum Gasteiger partial charge on any atom is 0.0595 e. The molecule has 1 atom stereocenters. The second kappa shape index (κ2) is 6.36. The van der Waals surface area contributed by atoms with Gasteiger partial charge in [0.15, 0.2) is 0 Å². The summed E-state index contributed by atoms with van der Waals surface area (Å²) >= 11 is 18.5. The largest absolute Gasteiger partial charge is 0.309 e. The number of hydrogen-bond donors (Lipinski definition) is 1. The summed E-state index contributed by atoms with van der Waals surface area (Å²) in [5, 5.41) is 5.13. The van der Waals surface area contributed by atoms with Gasteiger partial charge in [-0.2, -0.15) is 0 Å². The van der Waals surface area contributed by atoms with Crippen LogP contribution in [0.2, 0.25) is 15.1 Å². The second-order valence-electron chi connectivity index (χ2n) is 4.85. The van der Waals surface area contributed by atoms with Gasteiger partial charge in [0.1, 0.15) is 0 Å². The molecule has 1 N–H and O–H groups in total. The van der Waals surface area contributed by atoms with Crippen molar-refractivity contribution >= 4 is 34.8 Å². The van der Waals surface area contributed by atoms with E-state index in [2.05, 4.69) is 25.2 Å². The average molecular weight is 329 g/mol. The molecule has 0 saturated carbocycles. The first-order valence-electron chi connectivity index (χ1n) is 6.33. The van der Waals surface area contributed by atoms with Crippen LogP contribution in [0.3, 0.4) is 0 Å². The van der Waals surface area contributed by atoms with Gasteiger partial charge in [-0.15, -0.1) is 0 Å². The Morgan fingerprint density at radius 1 is 0.850 bits per heavy atom. The van der Waals surface area contributed by atoms with Gasteiger partial charge in [0, 0.05) is 5.02 Å². The molecule has 1 unspecified atom stereocenters. The van der Waals surface area contributed by atoms with Gasteiger partial charge in [0.05, 0.1) is 16.1 Å². The first-order chi connectivity index (χ1) is 9.43. The number of hydrogen-bond acceptors (Lipinski definition) is 1. The smallest absolute Gasteiger partial charge is 0.0595 e. The van der Waals surface area contributed by atoms with Gasteiger partial charge >= 0.3 is 0 Å². The zero-order chi connectivity index (χ0) is 14.9. The molecule has 0 spiro atoms. The van der Waals surface area contributed by atoms with Crippen molar-refractivity contribution < 1.29 is 0 Å². The van der Waals surface area contributed by atoms with Gasteiger partial charge in [-0.3, -0.25) is 0 Å². The highest BCUT2D eigenvalue weighted by Crippen LogP contribution is 2.33. The van der Waals surface area contributed by atoms with Crippen LogP contribution in [-0.4, -0.2) is 7.05 Å². The van der Waals surface area contributed by atoms with E-state index in [1.807, 2.05) is 25.2 Å². The molecule has 4 heteroatoms. The lowest BCUT2D eigenvalue weighted by atomic mass is 9.95. The van der Waals surface area contributed by atoms with Crippen molar-refractivity contribution in [3.05, 3.63) is 67.7 Å². The lowest BCUT2D eigenvalue weighted by Gasteiger charge is -2.20. The molecule has 2 aromatic rings. The minimum atomic E-state index is -0.0171. The summed E-state index contributed by atoms with van der Waals surface area (Å²) < 4.78 is 0. The summed E-state index contributed by atoms with van der Waals surface area (Å²) in [6.07, 6.45) is 0. The summed E-state index contributed by atoms with van der Waals surface area (Å²) in [4.78, 5) is 0. The SMILES string of the molecule is CNC(c1ccc(Cl)c(Cl)c1)c1cc(C)c(C)cc1Cl. The monoisotopic (exact) mass is 327 g/mol. The molecule has 0 fully saturated rings. The van der Waals surface area contributed by atoms with Crippen LogP contribution in [0.15, 0.2) is 30.3 Å². The molecule has 0 aromatic heterocycles. The van der Waals surface area contributed by atoms with E-state index in [0.29, 0.717) is 10.0 Å². The van der Waals surface area contributed by atoms with Gasteiger partial charge in [0.25, 0.3) is 0 Å². The summed E-state index contributed by atoms with van der Waals surface area (Å²) in [7, 11) is 1.90. The zero-order valence-electron chi connectivity index (χ0n) is 11.6. The van der Waals surface area contributed by atoms with Crippen LogP contribution < -0.4 is 5.32 Å². The van der Waals surface area contributed by atoms with Crippen LogP contribution in [0.5, 0.6) is 0 Å². The van der Waals surface area contributed by atoms with E-state index in [0.717, 1.165) is 16.1 Å². The van der Waals surface area contributed by atoms with E-state index in [1.54, 1.807) is 6.07 Å². The van der Waals surface area contributed by atoms with Crippen LogP contribution in [0.25, 0.3) is 0 Å². The first kappa shape index (κ1) is 15.7. The summed E-state index contributed by atoms with van der Waals surface area (Å²) in [5.74, 6) is 0. The van der Waals surface area contributed by atoms with E-state index in [-0.39, 0.29) is 6.04 Å². The normalized spacial score (nSPS) is 12.5. The van der Waals surface area contributed by atoms with E-state index in [4.69, 9.17) is 34.8 Å². The van der Waals surface area contributed by atoms with Crippen LogP contribution in [0.1, 0.15) is 28.3 Å². The van der Waals surface area contributed by atoms with Gasteiger partial charge < -0.3 is 5.32 Å². The fourth-order valence-electron chi connectivity index (χ4n) is 2.22. The van der Waals surface area contributed by atoms with E-state index >= 15 is 0 Å². The molecule has 1 nitrogen and oxygen atoms in total. The van der Waals surface area contributed by atoms with Crippen molar-refractivity contribution in [3.63, 3.8) is 0 Å². The highest BCUT2D eigenvalue weighted by molar-refractivity contribution is 6.42. The van der Waals surface area contributed by atoms with Gasteiger partial charge in [-0.25, -0.2) is 0 Å². The Balaban J connectivity index is 2.52. The Bertz CT molecular complexity index is 638. The highest BCUT2D eigenvalue weighted by atomic mass is 35.5. The zero-order valence-corrected chi connectivity index (χ0v) is 13.9. The van der Waals surface area contributed by atoms with Crippen molar-refractivity contribution in [3.8, 4) is 0 Å². The molecular formula is C16H16Cl3N. The van der Waals surface area contributed by atoms with Crippen molar-refractivity contribution in [2.24, 2.45) is 0 Å². The van der Waals surface area contributed by atoms with Crippen LogP contribution in [0.4, 0.5) is 0 Å². The molecule has 106 valence electrons. The number of nitrogens with one attached hydrogen (secondary N) is 1. The molecule has 0 aliphatic carbocycles. The molecule has 0 aliphatic heterocycles. The average Bonchev–Trinajstić information content (AvgIpc) is 2.40. The lowest BCUT2D eigenvalue weighted by molar-refractivity contribution is 0.691. The highest BCUT2D eigenvalue weighted by Gasteiger charge is 2.17. The molecule has 2 aromatic carbocycles. The summed E-state index contributed by atoms with van der Waals surface area (Å²) in [6.45, 7) is 4.13. The molecule has 0 bridgehead atoms. The number of halogens is 3. The van der Waals surface area contributed by atoms with Crippen LogP contribution in [-0.2, 0) is 0 Å². The number of benzene rings is 2. The summed E-state index contributed by atoms with van der Waals surface area (Å²) in [5.41, 5.74) is 4.47. The van der Waals surface area contributed by atoms with Crippen molar-refractivity contribution in [1.29, 1.82) is 0 Å². The predicted molar refractivity (Wildman–Crippen MR) is 88.3 cm³/mol. The molecular weight excluding hydrogens is 313 g/mol. The van der Waals surface area contributed by atoms with Gasteiger partial charge in [-0.05, 0) is 61.3 Å². The number of aryl methyl sites for hydroxylation is 2. The minimum Gasteiger partial charge on any atom is -0.309 e. The van der Waals surface area contributed by atoms with Crippen LogP contribution >= 0.6 is 34.8 Å². The molecule has 0 aliphatic rings. The third kappa shape index (κ3) is 3.12. The fraction of sp³-hybridized carbons (Fsp3) is 0.250. The Hall–Kier alpha value is -0.730. The molecule has 20 heavy (non-hydrogen) atoms. The first-order valence-corrected chi connectivity index (χ1v) is 7.46. The maximum atomic E-state index is 6.40. The van der Waals surface area contributed by atoms with Gasteiger partial charge in [0.2, 0.25) is 0 Å². The standard InChI is InChI=1S/C16H16Cl3N/c1-9-6-12(14(18)7-10(9)2)16(20-3)11-4-5-13(17)15(19)8-11/h4-8,16,20H,1-3H3. The molecule has 0 saturated heterocycles. The third-order valence-electron chi connectivity index (χ3n) is 3.49. The number of rotatable bonds is 3.